The van der Waals surface area contributed by atoms with Crippen LogP contribution in [-0.2, 0) is 4.79 Å². The molecule has 5 heteroatoms. The number of amides is 3. The Bertz CT molecular complexity index is 539. The van der Waals surface area contributed by atoms with Gasteiger partial charge in [-0.2, -0.15) is 0 Å². The largest absolute Gasteiger partial charge is 0.354 e. The van der Waals surface area contributed by atoms with Gasteiger partial charge in [-0.1, -0.05) is 57.0 Å². The van der Waals surface area contributed by atoms with Gasteiger partial charge in [0.25, 0.3) is 0 Å². The standard InChI is InChI=1S/C20H31N3O2/c1-15(2)19(17-10-4-3-5-11-17)23-20(25)22-13-12-21-18(24)14-16-8-6-7-9-16/h3-5,10-11,15-16,19H,6-9,12-14H2,1-2H3,(H,21,24)(H2,22,23,25). The molecule has 0 radical (unpaired) electrons. The van der Waals surface area contributed by atoms with Crippen molar-refractivity contribution in [1.29, 1.82) is 0 Å². The fraction of sp³-hybridized carbons (Fsp3) is 0.600. The van der Waals surface area contributed by atoms with Crippen LogP contribution in [0.3, 0.4) is 0 Å². The van der Waals surface area contributed by atoms with Crippen molar-refractivity contribution in [3.05, 3.63) is 35.9 Å². The highest BCUT2D eigenvalue weighted by Gasteiger charge is 2.19. The van der Waals surface area contributed by atoms with Gasteiger partial charge in [0, 0.05) is 19.5 Å². The fourth-order valence-corrected chi connectivity index (χ4v) is 3.41. The smallest absolute Gasteiger partial charge is 0.315 e. The summed E-state index contributed by atoms with van der Waals surface area (Å²) in [6.45, 7) is 5.07. The molecule has 5 nitrogen and oxygen atoms in total. The average Bonchev–Trinajstić information content (AvgIpc) is 3.10. The zero-order valence-corrected chi connectivity index (χ0v) is 15.4. The third-order valence-electron chi connectivity index (χ3n) is 4.79. The van der Waals surface area contributed by atoms with E-state index in [-0.39, 0.29) is 18.0 Å². The van der Waals surface area contributed by atoms with Crippen LogP contribution in [0.15, 0.2) is 30.3 Å². The van der Waals surface area contributed by atoms with Crippen LogP contribution in [0.1, 0.15) is 57.6 Å². The minimum absolute atomic E-state index is 0.0295. The molecule has 0 heterocycles. The van der Waals surface area contributed by atoms with E-state index in [1.165, 1.54) is 25.7 Å². The van der Waals surface area contributed by atoms with Crippen LogP contribution in [0.4, 0.5) is 4.79 Å². The monoisotopic (exact) mass is 345 g/mol. The molecular formula is C20H31N3O2. The second-order valence-electron chi connectivity index (χ2n) is 7.24. The number of hydrogen-bond donors (Lipinski definition) is 3. The van der Waals surface area contributed by atoms with Gasteiger partial charge in [0.2, 0.25) is 5.91 Å². The van der Waals surface area contributed by atoms with Gasteiger partial charge < -0.3 is 16.0 Å². The number of benzene rings is 1. The minimum atomic E-state index is -0.201. The summed E-state index contributed by atoms with van der Waals surface area (Å²) in [6.07, 6.45) is 5.46. The summed E-state index contributed by atoms with van der Waals surface area (Å²) in [5, 5.41) is 8.73. The molecule has 0 saturated heterocycles. The number of hydrogen-bond acceptors (Lipinski definition) is 2. The number of carbonyl (C=O) groups excluding carboxylic acids is 2. The normalized spacial score (nSPS) is 15.8. The maximum atomic E-state index is 12.1. The van der Waals surface area contributed by atoms with Crippen molar-refractivity contribution in [3.63, 3.8) is 0 Å². The van der Waals surface area contributed by atoms with Crippen LogP contribution in [0.2, 0.25) is 0 Å². The first kappa shape index (κ1) is 19.3. The maximum absolute atomic E-state index is 12.1. The van der Waals surface area contributed by atoms with Gasteiger partial charge >= 0.3 is 6.03 Å². The van der Waals surface area contributed by atoms with Gasteiger partial charge in [-0.05, 0) is 30.2 Å². The van der Waals surface area contributed by atoms with Crippen molar-refractivity contribution in [3.8, 4) is 0 Å². The highest BCUT2D eigenvalue weighted by atomic mass is 16.2. The Morgan fingerprint density at radius 3 is 2.32 bits per heavy atom. The van der Waals surface area contributed by atoms with Crippen LogP contribution in [0, 0.1) is 11.8 Å². The second kappa shape index (κ2) is 10.1. The topological polar surface area (TPSA) is 70.2 Å². The Hall–Kier alpha value is -2.04. The zero-order valence-electron chi connectivity index (χ0n) is 15.4. The number of rotatable bonds is 8. The predicted molar refractivity (Wildman–Crippen MR) is 100 cm³/mol. The van der Waals surface area contributed by atoms with E-state index in [0.717, 1.165) is 5.56 Å². The molecule has 1 atom stereocenters. The Kier molecular flexibility index (Phi) is 7.76. The summed E-state index contributed by atoms with van der Waals surface area (Å²) in [7, 11) is 0. The maximum Gasteiger partial charge on any atom is 0.315 e. The van der Waals surface area contributed by atoms with Crippen molar-refractivity contribution >= 4 is 11.9 Å². The van der Waals surface area contributed by atoms with Crippen molar-refractivity contribution in [2.24, 2.45) is 11.8 Å². The van der Waals surface area contributed by atoms with E-state index in [1.54, 1.807) is 0 Å². The van der Waals surface area contributed by atoms with Gasteiger partial charge in [-0.15, -0.1) is 0 Å². The average molecular weight is 345 g/mol. The lowest BCUT2D eigenvalue weighted by Crippen LogP contribution is -2.42. The first-order valence-corrected chi connectivity index (χ1v) is 9.42. The lowest BCUT2D eigenvalue weighted by molar-refractivity contribution is -0.121. The highest BCUT2D eigenvalue weighted by Crippen LogP contribution is 2.27. The molecule has 1 fully saturated rings. The molecule has 0 aliphatic heterocycles. The summed E-state index contributed by atoms with van der Waals surface area (Å²) in [5.74, 6) is 0.937. The summed E-state index contributed by atoms with van der Waals surface area (Å²) in [4.78, 5) is 24.0. The molecule has 1 aromatic carbocycles. The Labute approximate surface area is 151 Å². The quantitative estimate of drug-likeness (QED) is 0.632. The predicted octanol–water partition coefficient (Wildman–Crippen LogP) is 3.38. The lowest BCUT2D eigenvalue weighted by atomic mass is 9.96. The molecule has 1 aliphatic rings. The molecule has 1 aromatic rings. The molecule has 0 spiro atoms. The van der Waals surface area contributed by atoms with Crippen molar-refractivity contribution < 1.29 is 9.59 Å². The molecule has 1 aliphatic carbocycles. The Balaban J connectivity index is 1.66. The second-order valence-corrected chi connectivity index (χ2v) is 7.24. The third kappa shape index (κ3) is 6.77. The molecule has 138 valence electrons. The van der Waals surface area contributed by atoms with E-state index in [1.807, 2.05) is 30.3 Å². The van der Waals surface area contributed by atoms with Gasteiger partial charge in [0.15, 0.2) is 0 Å². The van der Waals surface area contributed by atoms with Crippen LogP contribution < -0.4 is 16.0 Å². The van der Waals surface area contributed by atoms with E-state index >= 15 is 0 Å². The van der Waals surface area contributed by atoms with Gasteiger partial charge in [-0.3, -0.25) is 4.79 Å². The summed E-state index contributed by atoms with van der Waals surface area (Å²) < 4.78 is 0. The molecule has 25 heavy (non-hydrogen) atoms. The third-order valence-corrected chi connectivity index (χ3v) is 4.79. The molecule has 0 aromatic heterocycles. The van der Waals surface area contributed by atoms with E-state index < -0.39 is 0 Å². The van der Waals surface area contributed by atoms with Gasteiger partial charge in [0.1, 0.15) is 0 Å². The minimum Gasteiger partial charge on any atom is -0.354 e. The fourth-order valence-electron chi connectivity index (χ4n) is 3.41. The molecule has 1 saturated carbocycles. The number of carbonyl (C=O) groups is 2. The summed E-state index contributed by atoms with van der Waals surface area (Å²) in [5.41, 5.74) is 1.09. The SMILES string of the molecule is CC(C)C(NC(=O)NCCNC(=O)CC1CCCC1)c1ccccc1. The molecule has 0 bridgehead atoms. The van der Waals surface area contributed by atoms with E-state index in [2.05, 4.69) is 29.8 Å². The van der Waals surface area contributed by atoms with Crippen molar-refractivity contribution in [1.82, 2.24) is 16.0 Å². The van der Waals surface area contributed by atoms with Gasteiger partial charge in [-0.25, -0.2) is 4.79 Å². The summed E-state index contributed by atoms with van der Waals surface area (Å²) >= 11 is 0. The molecular weight excluding hydrogens is 314 g/mol. The van der Waals surface area contributed by atoms with Crippen LogP contribution in [-0.4, -0.2) is 25.0 Å². The van der Waals surface area contributed by atoms with Crippen LogP contribution in [0.5, 0.6) is 0 Å². The van der Waals surface area contributed by atoms with Crippen molar-refractivity contribution in [2.75, 3.05) is 13.1 Å². The number of nitrogens with one attached hydrogen (secondary N) is 3. The first-order valence-electron chi connectivity index (χ1n) is 9.42. The number of urea groups is 1. The Morgan fingerprint density at radius 2 is 1.68 bits per heavy atom. The first-order chi connectivity index (χ1) is 12.1. The van der Waals surface area contributed by atoms with Crippen LogP contribution in [0.25, 0.3) is 0 Å². The summed E-state index contributed by atoms with van der Waals surface area (Å²) in [6, 6.07) is 9.73. The lowest BCUT2D eigenvalue weighted by Gasteiger charge is -2.23. The zero-order chi connectivity index (χ0) is 18.1. The van der Waals surface area contributed by atoms with E-state index in [0.29, 0.717) is 31.3 Å². The van der Waals surface area contributed by atoms with Gasteiger partial charge in [0.05, 0.1) is 6.04 Å². The van der Waals surface area contributed by atoms with Crippen molar-refractivity contribution in [2.45, 2.75) is 52.0 Å². The molecule has 2 rings (SSSR count). The van der Waals surface area contributed by atoms with E-state index in [4.69, 9.17) is 0 Å². The van der Waals surface area contributed by atoms with Crippen LogP contribution >= 0.6 is 0 Å². The molecule has 1 unspecified atom stereocenters. The molecule has 3 N–H and O–H groups in total. The molecule has 3 amide bonds. The van der Waals surface area contributed by atoms with E-state index in [9.17, 15) is 9.59 Å². The highest BCUT2D eigenvalue weighted by molar-refractivity contribution is 5.76. The Morgan fingerprint density at radius 1 is 1.04 bits per heavy atom.